The highest BCUT2D eigenvalue weighted by Gasteiger charge is 2.24. The van der Waals surface area contributed by atoms with E-state index in [4.69, 9.17) is 0 Å². The minimum absolute atomic E-state index is 0.164. The zero-order chi connectivity index (χ0) is 16.1. The van der Waals surface area contributed by atoms with Crippen molar-refractivity contribution < 1.29 is 4.79 Å². The Hall–Kier alpha value is -1.59. The summed E-state index contributed by atoms with van der Waals surface area (Å²) in [6, 6.07) is 11.0. The van der Waals surface area contributed by atoms with Crippen LogP contribution in [-0.2, 0) is 4.79 Å². The third kappa shape index (κ3) is 4.24. The van der Waals surface area contributed by atoms with Gasteiger partial charge < -0.3 is 15.5 Å². The molecule has 5 nitrogen and oxygen atoms in total. The van der Waals surface area contributed by atoms with Gasteiger partial charge in [0.25, 0.3) is 0 Å². The predicted molar refractivity (Wildman–Crippen MR) is 93.7 cm³/mol. The predicted octanol–water partition coefficient (Wildman–Crippen LogP) is 0.923. The van der Waals surface area contributed by atoms with Crippen LogP contribution in [0.15, 0.2) is 30.3 Å². The number of amides is 1. The number of hydrogen-bond donors (Lipinski definition) is 2. The van der Waals surface area contributed by atoms with Crippen molar-refractivity contribution in [3.8, 4) is 0 Å². The summed E-state index contributed by atoms with van der Waals surface area (Å²) in [6.07, 6.45) is 0.968. The molecule has 126 valence electrons. The van der Waals surface area contributed by atoms with E-state index in [2.05, 4.69) is 57.7 Å². The average Bonchev–Trinajstić information content (AvgIpc) is 3.15. The van der Waals surface area contributed by atoms with Gasteiger partial charge in [-0.05, 0) is 32.0 Å². The largest absolute Gasteiger partial charge is 0.369 e. The minimum Gasteiger partial charge on any atom is -0.369 e. The van der Waals surface area contributed by atoms with Gasteiger partial charge in [-0.15, -0.1) is 0 Å². The van der Waals surface area contributed by atoms with Crippen LogP contribution in [0.2, 0.25) is 0 Å². The lowest BCUT2D eigenvalue weighted by atomic mass is 10.1. The summed E-state index contributed by atoms with van der Waals surface area (Å²) < 4.78 is 0. The summed E-state index contributed by atoms with van der Waals surface area (Å²) in [5.41, 5.74) is 1.31. The summed E-state index contributed by atoms with van der Waals surface area (Å²) in [5.74, 6) is 0.377. The Morgan fingerprint density at radius 2 is 2.00 bits per heavy atom. The number of rotatable bonds is 5. The van der Waals surface area contributed by atoms with Crippen LogP contribution in [0.25, 0.3) is 0 Å². The van der Waals surface area contributed by atoms with Crippen molar-refractivity contribution in [2.24, 2.45) is 5.92 Å². The van der Waals surface area contributed by atoms with Crippen LogP contribution in [0.5, 0.6) is 0 Å². The fraction of sp³-hybridized carbons (Fsp3) is 0.611. The van der Waals surface area contributed by atoms with E-state index in [0.717, 1.165) is 52.2 Å². The standard InChI is InChI=1S/C18H28N4O/c1-15(13-20-18(23)16-7-8-19-14-16)21-9-11-22(12-10-21)17-5-3-2-4-6-17/h2-6,15-16,19H,7-14H2,1H3,(H,20,23). The molecule has 2 N–H and O–H groups in total. The Labute approximate surface area is 139 Å². The van der Waals surface area contributed by atoms with Crippen molar-refractivity contribution >= 4 is 11.6 Å². The van der Waals surface area contributed by atoms with Gasteiger partial charge >= 0.3 is 0 Å². The van der Waals surface area contributed by atoms with Gasteiger partial charge in [0.2, 0.25) is 5.91 Å². The molecule has 2 fully saturated rings. The fourth-order valence-electron chi connectivity index (χ4n) is 3.46. The fourth-order valence-corrected chi connectivity index (χ4v) is 3.46. The molecular formula is C18H28N4O. The minimum atomic E-state index is 0.164. The highest BCUT2D eigenvalue weighted by molar-refractivity contribution is 5.79. The topological polar surface area (TPSA) is 47.6 Å². The Morgan fingerprint density at radius 1 is 1.26 bits per heavy atom. The van der Waals surface area contributed by atoms with Crippen molar-refractivity contribution in [1.82, 2.24) is 15.5 Å². The van der Waals surface area contributed by atoms with E-state index in [1.807, 2.05) is 0 Å². The number of carbonyl (C=O) groups excluding carboxylic acids is 1. The number of nitrogens with zero attached hydrogens (tertiary/aromatic N) is 2. The summed E-state index contributed by atoms with van der Waals surface area (Å²) in [7, 11) is 0. The van der Waals surface area contributed by atoms with Crippen LogP contribution >= 0.6 is 0 Å². The maximum atomic E-state index is 12.1. The second kappa shape index (κ2) is 7.79. The molecule has 0 spiro atoms. The summed E-state index contributed by atoms with van der Waals surface area (Å²) in [5, 5.41) is 6.38. The van der Waals surface area contributed by atoms with Gasteiger partial charge in [0.15, 0.2) is 0 Å². The van der Waals surface area contributed by atoms with Crippen LogP contribution in [0.3, 0.4) is 0 Å². The number of anilines is 1. The molecule has 23 heavy (non-hydrogen) atoms. The van der Waals surface area contributed by atoms with Crippen molar-refractivity contribution in [2.45, 2.75) is 19.4 Å². The maximum absolute atomic E-state index is 12.1. The second-order valence-corrected chi connectivity index (χ2v) is 6.64. The van der Waals surface area contributed by atoms with Crippen LogP contribution in [0.1, 0.15) is 13.3 Å². The van der Waals surface area contributed by atoms with Gasteiger partial charge in [-0.2, -0.15) is 0 Å². The van der Waals surface area contributed by atoms with E-state index in [0.29, 0.717) is 6.04 Å². The molecule has 2 aliphatic heterocycles. The van der Waals surface area contributed by atoms with Gasteiger partial charge in [-0.3, -0.25) is 9.69 Å². The maximum Gasteiger partial charge on any atom is 0.224 e. The van der Waals surface area contributed by atoms with Gasteiger partial charge in [0.1, 0.15) is 0 Å². The van der Waals surface area contributed by atoms with E-state index < -0.39 is 0 Å². The lowest BCUT2D eigenvalue weighted by Crippen LogP contribution is -2.52. The molecular weight excluding hydrogens is 288 g/mol. The van der Waals surface area contributed by atoms with E-state index in [9.17, 15) is 4.79 Å². The van der Waals surface area contributed by atoms with Gasteiger partial charge in [0.05, 0.1) is 5.92 Å². The number of piperazine rings is 1. The summed E-state index contributed by atoms with van der Waals surface area (Å²) >= 11 is 0. The van der Waals surface area contributed by atoms with E-state index in [1.54, 1.807) is 0 Å². The molecule has 0 bridgehead atoms. The lowest BCUT2D eigenvalue weighted by Gasteiger charge is -2.39. The Morgan fingerprint density at radius 3 is 2.65 bits per heavy atom. The third-order valence-electron chi connectivity index (χ3n) is 5.06. The number of benzene rings is 1. The van der Waals surface area contributed by atoms with Crippen molar-refractivity contribution in [1.29, 1.82) is 0 Å². The zero-order valence-electron chi connectivity index (χ0n) is 14.0. The number of carbonyl (C=O) groups is 1. The molecule has 1 aromatic rings. The average molecular weight is 316 g/mol. The first-order chi connectivity index (χ1) is 11.2. The number of nitrogens with one attached hydrogen (secondary N) is 2. The number of hydrogen-bond acceptors (Lipinski definition) is 4. The smallest absolute Gasteiger partial charge is 0.224 e. The highest BCUT2D eigenvalue weighted by Crippen LogP contribution is 2.16. The van der Waals surface area contributed by atoms with Gasteiger partial charge in [0, 0.05) is 51.0 Å². The first-order valence-corrected chi connectivity index (χ1v) is 8.76. The molecule has 5 heteroatoms. The molecule has 2 heterocycles. The third-order valence-corrected chi connectivity index (χ3v) is 5.06. The van der Waals surface area contributed by atoms with Crippen LogP contribution in [-0.4, -0.2) is 62.7 Å². The van der Waals surface area contributed by atoms with Gasteiger partial charge in [-0.1, -0.05) is 18.2 Å². The van der Waals surface area contributed by atoms with Crippen LogP contribution in [0.4, 0.5) is 5.69 Å². The van der Waals surface area contributed by atoms with Gasteiger partial charge in [-0.25, -0.2) is 0 Å². The molecule has 0 saturated carbocycles. The van der Waals surface area contributed by atoms with Crippen molar-refractivity contribution in [3.63, 3.8) is 0 Å². The van der Waals surface area contributed by atoms with E-state index in [-0.39, 0.29) is 11.8 Å². The molecule has 2 aliphatic rings. The quantitative estimate of drug-likeness (QED) is 0.848. The molecule has 0 aromatic heterocycles. The summed E-state index contributed by atoms with van der Waals surface area (Å²) in [6.45, 7) is 8.97. The second-order valence-electron chi connectivity index (χ2n) is 6.64. The molecule has 2 saturated heterocycles. The monoisotopic (exact) mass is 316 g/mol. The molecule has 1 amide bonds. The number of para-hydroxylation sites is 1. The van der Waals surface area contributed by atoms with E-state index in [1.165, 1.54) is 5.69 Å². The molecule has 0 radical (unpaired) electrons. The lowest BCUT2D eigenvalue weighted by molar-refractivity contribution is -0.124. The van der Waals surface area contributed by atoms with Crippen LogP contribution < -0.4 is 15.5 Å². The normalized spacial score (nSPS) is 23.7. The van der Waals surface area contributed by atoms with Crippen molar-refractivity contribution in [3.05, 3.63) is 30.3 Å². The molecule has 1 aromatic carbocycles. The summed E-state index contributed by atoms with van der Waals surface area (Å²) in [4.78, 5) is 17.0. The Kier molecular flexibility index (Phi) is 5.51. The first kappa shape index (κ1) is 16.3. The first-order valence-electron chi connectivity index (χ1n) is 8.76. The Bertz CT molecular complexity index is 493. The SMILES string of the molecule is CC(CNC(=O)C1CCNC1)N1CCN(c2ccccc2)CC1. The van der Waals surface area contributed by atoms with Crippen LogP contribution in [0, 0.1) is 5.92 Å². The molecule has 2 atom stereocenters. The zero-order valence-corrected chi connectivity index (χ0v) is 14.0. The molecule has 0 aliphatic carbocycles. The van der Waals surface area contributed by atoms with E-state index >= 15 is 0 Å². The highest BCUT2D eigenvalue weighted by atomic mass is 16.1. The molecule has 3 rings (SSSR count). The Balaban J connectivity index is 1.41. The molecule has 2 unspecified atom stereocenters. The van der Waals surface area contributed by atoms with Crippen molar-refractivity contribution in [2.75, 3.05) is 50.7 Å².